The van der Waals surface area contributed by atoms with Crippen LogP contribution in [-0.2, 0) is 11.8 Å². The smallest absolute Gasteiger partial charge is 0.209 e. The highest BCUT2D eigenvalue weighted by atomic mass is 15.1. The third-order valence-corrected chi connectivity index (χ3v) is 5.64. The Hall–Kier alpha value is -2.61. The van der Waals surface area contributed by atoms with Gasteiger partial charge in [-0.25, -0.2) is 0 Å². The Morgan fingerprint density at radius 2 is 1.76 bits per heavy atom. The maximum Gasteiger partial charge on any atom is 0.209 e. The molecule has 2 aromatic carbocycles. The molecule has 2 aliphatic rings. The molecule has 2 nitrogen and oxygen atoms in total. The molecule has 0 saturated heterocycles. The Labute approximate surface area is 150 Å². The first kappa shape index (κ1) is 15.9. The van der Waals surface area contributed by atoms with Crippen LogP contribution in [0.5, 0.6) is 0 Å². The van der Waals surface area contributed by atoms with E-state index in [9.17, 15) is 0 Å². The number of rotatable bonds is 2. The van der Waals surface area contributed by atoms with E-state index >= 15 is 0 Å². The predicted molar refractivity (Wildman–Crippen MR) is 106 cm³/mol. The van der Waals surface area contributed by atoms with E-state index in [4.69, 9.17) is 0 Å². The summed E-state index contributed by atoms with van der Waals surface area (Å²) < 4.78 is 2.32. The van der Waals surface area contributed by atoms with Crippen molar-refractivity contribution < 1.29 is 4.58 Å². The maximum atomic E-state index is 2.32. The normalized spacial score (nSPS) is 19.8. The third-order valence-electron chi connectivity index (χ3n) is 5.64. The Morgan fingerprint density at radius 1 is 1.04 bits per heavy atom. The molecule has 0 aromatic heterocycles. The van der Waals surface area contributed by atoms with Crippen molar-refractivity contribution in [2.75, 3.05) is 19.0 Å². The first-order chi connectivity index (χ1) is 12.0. The van der Waals surface area contributed by atoms with Crippen LogP contribution in [0.4, 0.5) is 11.4 Å². The van der Waals surface area contributed by atoms with Crippen LogP contribution in [0.3, 0.4) is 0 Å². The molecular formula is C23H25N2+. The second kappa shape index (κ2) is 5.73. The van der Waals surface area contributed by atoms with Gasteiger partial charge in [0, 0.05) is 42.6 Å². The van der Waals surface area contributed by atoms with Crippen molar-refractivity contribution >= 4 is 17.1 Å². The van der Waals surface area contributed by atoms with Crippen LogP contribution in [0.15, 0.2) is 72.5 Å². The molecule has 0 atom stereocenters. The number of hydrogen-bond donors (Lipinski definition) is 0. The van der Waals surface area contributed by atoms with Crippen LogP contribution in [0.2, 0.25) is 0 Å². The van der Waals surface area contributed by atoms with Crippen molar-refractivity contribution in [2.24, 2.45) is 0 Å². The number of allylic oxidation sites excluding steroid dienone is 4. The molecule has 0 saturated carbocycles. The molecule has 0 radical (unpaired) electrons. The van der Waals surface area contributed by atoms with Crippen LogP contribution >= 0.6 is 0 Å². The lowest BCUT2D eigenvalue weighted by molar-refractivity contribution is -0.401. The Balaban J connectivity index is 1.63. The number of para-hydroxylation sites is 2. The van der Waals surface area contributed by atoms with Crippen molar-refractivity contribution in [3.63, 3.8) is 0 Å². The van der Waals surface area contributed by atoms with Gasteiger partial charge < -0.3 is 4.90 Å². The lowest BCUT2D eigenvalue weighted by Gasteiger charge is -2.15. The van der Waals surface area contributed by atoms with Gasteiger partial charge in [0.15, 0.2) is 5.71 Å². The van der Waals surface area contributed by atoms with E-state index in [0.29, 0.717) is 0 Å². The quantitative estimate of drug-likeness (QED) is 0.716. The summed E-state index contributed by atoms with van der Waals surface area (Å²) in [5.74, 6) is 0. The molecule has 2 aliphatic heterocycles. The number of benzene rings is 2. The fraction of sp³-hybridized carbons (Fsp3) is 0.261. The van der Waals surface area contributed by atoms with Crippen molar-refractivity contribution in [3.05, 3.63) is 83.6 Å². The zero-order chi connectivity index (χ0) is 17.6. The predicted octanol–water partition coefficient (Wildman–Crippen LogP) is 4.83. The van der Waals surface area contributed by atoms with E-state index in [1.165, 1.54) is 33.9 Å². The first-order valence-electron chi connectivity index (χ1n) is 8.89. The lowest BCUT2D eigenvalue weighted by atomic mass is 9.81. The number of fused-ring (bicyclic) bond motifs is 2. The van der Waals surface area contributed by atoms with E-state index in [-0.39, 0.29) is 5.41 Å². The van der Waals surface area contributed by atoms with Gasteiger partial charge in [0.05, 0.1) is 5.41 Å². The topological polar surface area (TPSA) is 6.25 Å². The largest absolute Gasteiger partial charge is 0.348 e. The number of nitrogens with zero attached hydrogens (tertiary/aromatic N) is 2. The molecule has 126 valence electrons. The van der Waals surface area contributed by atoms with E-state index in [2.05, 4.69) is 104 Å². The molecular weight excluding hydrogens is 304 g/mol. The van der Waals surface area contributed by atoms with Gasteiger partial charge in [0.25, 0.3) is 0 Å². The zero-order valence-electron chi connectivity index (χ0n) is 15.5. The van der Waals surface area contributed by atoms with Gasteiger partial charge in [-0.05, 0) is 31.6 Å². The summed E-state index contributed by atoms with van der Waals surface area (Å²) in [5, 5.41) is 0. The van der Waals surface area contributed by atoms with Crippen LogP contribution in [-0.4, -0.2) is 24.4 Å². The lowest BCUT2D eigenvalue weighted by Crippen LogP contribution is -2.26. The zero-order valence-corrected chi connectivity index (χ0v) is 15.5. The Kier molecular flexibility index (Phi) is 3.64. The van der Waals surface area contributed by atoms with E-state index in [1.54, 1.807) is 0 Å². The molecule has 0 spiro atoms. The van der Waals surface area contributed by atoms with Crippen molar-refractivity contribution in [1.29, 1.82) is 0 Å². The minimum Gasteiger partial charge on any atom is -0.348 e. The monoisotopic (exact) mass is 329 g/mol. The minimum absolute atomic E-state index is 0.0326. The van der Waals surface area contributed by atoms with Gasteiger partial charge in [-0.3, -0.25) is 0 Å². The summed E-state index contributed by atoms with van der Waals surface area (Å²) in [6.07, 6.45) is 7.73. The fourth-order valence-corrected chi connectivity index (χ4v) is 4.18. The summed E-state index contributed by atoms with van der Waals surface area (Å²) in [7, 11) is 4.32. The van der Waals surface area contributed by atoms with E-state index in [1.807, 2.05) is 0 Å². The molecule has 4 rings (SSSR count). The van der Waals surface area contributed by atoms with E-state index in [0.717, 1.165) is 6.42 Å². The fourth-order valence-electron chi connectivity index (χ4n) is 4.18. The Bertz CT molecular complexity index is 929. The van der Waals surface area contributed by atoms with E-state index < -0.39 is 0 Å². The van der Waals surface area contributed by atoms with Crippen molar-refractivity contribution in [1.82, 2.24) is 0 Å². The van der Waals surface area contributed by atoms with Crippen LogP contribution in [0, 0.1) is 0 Å². The highest BCUT2D eigenvalue weighted by Gasteiger charge is 2.42. The standard InChI is InChI=1S/C23H25N2/c1-23(2)19-12-6-8-14-21(19)25(4)22(23)15-9-11-18-16-17-10-5-7-13-20(17)24(18)3/h5-15H,16H2,1-4H3/q+1. The maximum absolute atomic E-state index is 2.32. The molecule has 25 heavy (non-hydrogen) atoms. The summed E-state index contributed by atoms with van der Waals surface area (Å²) >= 11 is 0. The molecule has 0 bridgehead atoms. The summed E-state index contributed by atoms with van der Waals surface area (Å²) in [4.78, 5) is 2.29. The van der Waals surface area contributed by atoms with Crippen LogP contribution < -0.4 is 4.90 Å². The molecule has 2 heteroatoms. The molecule has 0 amide bonds. The SMILES string of the molecule is CN1C(=CC=CC2=[N+](C)c3ccccc3C2(C)C)Cc2ccccc21. The molecule has 2 heterocycles. The van der Waals surface area contributed by atoms with Gasteiger partial charge in [0.2, 0.25) is 5.69 Å². The summed E-state index contributed by atoms with van der Waals surface area (Å²) in [6, 6.07) is 17.3. The molecule has 0 fully saturated rings. The number of anilines is 1. The van der Waals surface area contributed by atoms with Gasteiger partial charge >= 0.3 is 0 Å². The highest BCUT2D eigenvalue weighted by Crippen LogP contribution is 2.39. The third kappa shape index (κ3) is 2.44. The van der Waals surface area contributed by atoms with Gasteiger partial charge in [-0.2, -0.15) is 4.58 Å². The number of hydrogen-bond acceptors (Lipinski definition) is 1. The highest BCUT2D eigenvalue weighted by molar-refractivity contribution is 6.03. The van der Waals surface area contributed by atoms with Crippen LogP contribution in [0.1, 0.15) is 25.0 Å². The number of likely N-dealkylation sites (N-methyl/N-ethyl adjacent to an activating group) is 1. The Morgan fingerprint density at radius 3 is 2.52 bits per heavy atom. The van der Waals surface area contributed by atoms with Crippen molar-refractivity contribution in [3.8, 4) is 0 Å². The second-order valence-electron chi connectivity index (χ2n) is 7.47. The van der Waals surface area contributed by atoms with Crippen LogP contribution in [0.25, 0.3) is 0 Å². The molecule has 0 N–H and O–H groups in total. The van der Waals surface area contributed by atoms with Crippen molar-refractivity contribution in [2.45, 2.75) is 25.7 Å². The molecule has 2 aromatic rings. The summed E-state index contributed by atoms with van der Waals surface area (Å²) in [6.45, 7) is 4.61. The minimum atomic E-state index is 0.0326. The van der Waals surface area contributed by atoms with Gasteiger partial charge in [0.1, 0.15) is 7.05 Å². The summed E-state index contributed by atoms with van der Waals surface area (Å²) in [5.41, 5.74) is 8.15. The average molecular weight is 329 g/mol. The molecule has 0 aliphatic carbocycles. The molecule has 0 unspecified atom stereocenters. The van der Waals surface area contributed by atoms with Gasteiger partial charge in [-0.1, -0.05) is 42.5 Å². The second-order valence-corrected chi connectivity index (χ2v) is 7.47. The van der Waals surface area contributed by atoms with Gasteiger partial charge in [-0.15, -0.1) is 0 Å². The average Bonchev–Trinajstić information content (AvgIpc) is 3.03. The first-order valence-corrected chi connectivity index (χ1v) is 8.89.